The molecule has 2 aromatic rings. The predicted octanol–water partition coefficient (Wildman–Crippen LogP) is 3.06. The zero-order valence-corrected chi connectivity index (χ0v) is 15.5. The molecular weight excluding hydrogens is 401 g/mol. The molecule has 0 spiro atoms. The first kappa shape index (κ1) is 17.1. The molecule has 0 radical (unpaired) electrons. The topological polar surface area (TPSA) is 73.7 Å². The van der Waals surface area contributed by atoms with Crippen molar-refractivity contribution in [3.05, 3.63) is 52.3 Å². The van der Waals surface area contributed by atoms with Crippen LogP contribution in [0.2, 0.25) is 0 Å². The minimum atomic E-state index is -0.588. The lowest BCUT2D eigenvalue weighted by atomic mass is 9.96. The van der Waals surface area contributed by atoms with Crippen LogP contribution in [0.3, 0.4) is 0 Å². The van der Waals surface area contributed by atoms with Gasteiger partial charge in [-0.3, -0.25) is 14.8 Å². The van der Waals surface area contributed by atoms with Gasteiger partial charge in [0.25, 0.3) is 5.91 Å². The van der Waals surface area contributed by atoms with E-state index in [4.69, 9.17) is 0 Å². The van der Waals surface area contributed by atoms with Crippen LogP contribution in [0.5, 0.6) is 0 Å². The molecule has 0 aromatic carbocycles. The van der Waals surface area contributed by atoms with Crippen molar-refractivity contribution in [3.8, 4) is 0 Å². The predicted molar refractivity (Wildman–Crippen MR) is 100 cm³/mol. The van der Waals surface area contributed by atoms with E-state index in [0.717, 1.165) is 40.8 Å². The highest BCUT2D eigenvalue weighted by atomic mass is 79.9. The van der Waals surface area contributed by atoms with Crippen LogP contribution < -0.4 is 0 Å². The fourth-order valence-corrected chi connectivity index (χ4v) is 3.70. The van der Waals surface area contributed by atoms with Crippen molar-refractivity contribution in [1.82, 2.24) is 14.9 Å². The molecule has 4 heterocycles. The number of hydrogen-bond donors (Lipinski definition) is 1. The number of likely N-dealkylation sites (tertiary alicyclic amines) is 1. The van der Waals surface area contributed by atoms with Crippen LogP contribution in [-0.4, -0.2) is 52.0 Å². The van der Waals surface area contributed by atoms with Crippen molar-refractivity contribution < 1.29 is 9.18 Å². The molecule has 0 bridgehead atoms. The van der Waals surface area contributed by atoms with Crippen LogP contribution in [0.1, 0.15) is 28.9 Å². The van der Waals surface area contributed by atoms with Crippen molar-refractivity contribution in [3.63, 3.8) is 0 Å². The zero-order valence-electron chi connectivity index (χ0n) is 14.0. The number of nitrogens with one attached hydrogen (secondary N) is 1. The maximum atomic E-state index is 13.9. The van der Waals surface area contributed by atoms with E-state index in [0.29, 0.717) is 19.6 Å². The average molecular weight is 418 g/mol. The largest absolute Gasteiger partial charge is 0.359 e. The molecule has 2 aliphatic rings. The van der Waals surface area contributed by atoms with E-state index in [-0.39, 0.29) is 17.4 Å². The number of aliphatic imine (C=N–C) groups is 2. The summed E-state index contributed by atoms with van der Waals surface area (Å²) in [6, 6.07) is 3.40. The third-order valence-corrected chi connectivity index (χ3v) is 5.13. The van der Waals surface area contributed by atoms with E-state index >= 15 is 0 Å². The van der Waals surface area contributed by atoms with Gasteiger partial charge in [0.15, 0.2) is 5.82 Å². The summed E-state index contributed by atoms with van der Waals surface area (Å²) in [6.45, 7) is 1.65. The smallest absolute Gasteiger partial charge is 0.256 e. The van der Waals surface area contributed by atoms with Crippen LogP contribution in [-0.2, 0) is 0 Å². The number of nitrogens with zero attached hydrogens (tertiary/aromatic N) is 4. The van der Waals surface area contributed by atoms with Gasteiger partial charge in [-0.05, 0) is 40.9 Å². The van der Waals surface area contributed by atoms with E-state index in [1.807, 2.05) is 12.3 Å². The Morgan fingerprint density at radius 2 is 2.31 bits per heavy atom. The van der Waals surface area contributed by atoms with Gasteiger partial charge in [-0.15, -0.1) is 0 Å². The normalized spacial score (nSPS) is 20.1. The number of rotatable bonds is 3. The standard InChI is InChI=1S/C18H17BrFN5O/c19-12-6-15(22-7-12)16-9-23-17(24-16)11-2-1-5-25(10-11)18(26)13-3-4-21-8-14(13)20/h3-4,6-8,11,22H,1-2,5,9-10H2/t11-/m0/s1. The Hall–Kier alpha value is -2.35. The first-order valence-electron chi connectivity index (χ1n) is 8.47. The van der Waals surface area contributed by atoms with Crippen LogP contribution >= 0.6 is 15.9 Å². The summed E-state index contributed by atoms with van der Waals surface area (Å²) in [7, 11) is 0. The number of H-pyrrole nitrogens is 1. The summed E-state index contributed by atoms with van der Waals surface area (Å²) in [5, 5.41) is 0. The highest BCUT2D eigenvalue weighted by Crippen LogP contribution is 2.24. The summed E-state index contributed by atoms with van der Waals surface area (Å²) in [6.07, 6.45) is 6.14. The van der Waals surface area contributed by atoms with Gasteiger partial charge in [-0.1, -0.05) is 0 Å². The van der Waals surface area contributed by atoms with Crippen molar-refractivity contribution in [2.24, 2.45) is 15.9 Å². The minimum absolute atomic E-state index is 0.0643. The van der Waals surface area contributed by atoms with Gasteiger partial charge in [-0.2, -0.15) is 0 Å². The molecule has 134 valence electrons. The molecule has 1 atom stereocenters. The molecule has 1 amide bonds. The van der Waals surface area contributed by atoms with E-state index in [1.165, 1.54) is 12.3 Å². The fraction of sp³-hybridized carbons (Fsp3) is 0.333. The molecule has 1 saturated heterocycles. The number of hydrogen-bond acceptors (Lipinski definition) is 4. The Bertz CT molecular complexity index is 906. The van der Waals surface area contributed by atoms with Crippen molar-refractivity contribution in [1.29, 1.82) is 0 Å². The lowest BCUT2D eigenvalue weighted by Crippen LogP contribution is -2.42. The molecule has 6 nitrogen and oxygen atoms in total. The third-order valence-electron chi connectivity index (χ3n) is 4.68. The minimum Gasteiger partial charge on any atom is -0.359 e. The van der Waals surface area contributed by atoms with Crippen LogP contribution in [0.25, 0.3) is 0 Å². The van der Waals surface area contributed by atoms with Gasteiger partial charge in [0.05, 0.1) is 29.7 Å². The molecule has 2 aromatic heterocycles. The average Bonchev–Trinajstić information content (AvgIpc) is 3.31. The number of pyridine rings is 1. The first-order valence-corrected chi connectivity index (χ1v) is 9.26. The van der Waals surface area contributed by atoms with E-state index < -0.39 is 5.82 Å². The van der Waals surface area contributed by atoms with Gasteiger partial charge < -0.3 is 9.88 Å². The molecule has 0 unspecified atom stereocenters. The third kappa shape index (κ3) is 3.33. The van der Waals surface area contributed by atoms with E-state index in [1.54, 1.807) is 4.90 Å². The fourth-order valence-electron chi connectivity index (χ4n) is 3.36. The number of piperidine rings is 1. The summed E-state index contributed by atoms with van der Waals surface area (Å²) in [5.74, 6) is -0.0342. The number of amidine groups is 1. The molecule has 0 saturated carbocycles. The highest BCUT2D eigenvalue weighted by molar-refractivity contribution is 9.10. The van der Waals surface area contributed by atoms with Gasteiger partial charge >= 0.3 is 0 Å². The van der Waals surface area contributed by atoms with Crippen molar-refractivity contribution >= 4 is 33.4 Å². The van der Waals surface area contributed by atoms with Gasteiger partial charge in [0, 0.05) is 35.9 Å². The molecule has 0 aliphatic carbocycles. The second-order valence-electron chi connectivity index (χ2n) is 6.41. The quantitative estimate of drug-likeness (QED) is 0.832. The molecular formula is C18H17BrFN5O. The lowest BCUT2D eigenvalue weighted by molar-refractivity contribution is 0.0698. The number of aromatic nitrogens is 2. The first-order chi connectivity index (χ1) is 12.6. The van der Waals surface area contributed by atoms with Gasteiger partial charge in [0.1, 0.15) is 5.84 Å². The van der Waals surface area contributed by atoms with Crippen molar-refractivity contribution in [2.45, 2.75) is 12.8 Å². The molecule has 8 heteroatoms. The number of amides is 1. The summed E-state index contributed by atoms with van der Waals surface area (Å²) < 4.78 is 14.8. The Morgan fingerprint density at radius 3 is 3.08 bits per heavy atom. The molecule has 26 heavy (non-hydrogen) atoms. The molecule has 1 N–H and O–H groups in total. The van der Waals surface area contributed by atoms with E-state index in [2.05, 4.69) is 35.9 Å². The molecule has 1 fully saturated rings. The maximum Gasteiger partial charge on any atom is 0.256 e. The summed E-state index contributed by atoms with van der Waals surface area (Å²) >= 11 is 3.42. The second kappa shape index (κ2) is 7.11. The molecule has 2 aliphatic heterocycles. The van der Waals surface area contributed by atoms with Crippen LogP contribution in [0.4, 0.5) is 4.39 Å². The van der Waals surface area contributed by atoms with Crippen LogP contribution in [0, 0.1) is 11.7 Å². The number of aromatic amines is 1. The zero-order chi connectivity index (χ0) is 18.1. The van der Waals surface area contributed by atoms with Crippen LogP contribution in [0.15, 0.2) is 45.2 Å². The Balaban J connectivity index is 1.48. The van der Waals surface area contributed by atoms with Gasteiger partial charge in [-0.25, -0.2) is 9.38 Å². The number of carbonyl (C=O) groups is 1. The Labute approximate surface area is 158 Å². The second-order valence-corrected chi connectivity index (χ2v) is 7.33. The summed E-state index contributed by atoms with van der Waals surface area (Å²) in [4.78, 5) is 30.4. The maximum absolute atomic E-state index is 13.9. The lowest BCUT2D eigenvalue weighted by Gasteiger charge is -2.32. The van der Waals surface area contributed by atoms with Gasteiger partial charge in [0.2, 0.25) is 0 Å². The van der Waals surface area contributed by atoms with Crippen molar-refractivity contribution in [2.75, 3.05) is 19.6 Å². The summed E-state index contributed by atoms with van der Waals surface area (Å²) in [5.41, 5.74) is 1.90. The molecule has 4 rings (SSSR count). The Morgan fingerprint density at radius 1 is 1.42 bits per heavy atom. The monoisotopic (exact) mass is 417 g/mol. The SMILES string of the molecule is O=C(c1ccncc1F)N1CCC[C@H](C2=NCC(c3cc(Br)c[nH]3)=N2)C1. The highest BCUT2D eigenvalue weighted by Gasteiger charge is 2.30. The van der Waals surface area contributed by atoms with E-state index in [9.17, 15) is 9.18 Å². The Kier molecular flexibility index (Phi) is 4.67. The number of carbonyl (C=O) groups excluding carboxylic acids is 1. The number of halogens is 2.